The molecule has 6 nitrogen and oxygen atoms in total. The fourth-order valence-electron chi connectivity index (χ4n) is 2.38. The van der Waals surface area contributed by atoms with Gasteiger partial charge in [0.05, 0.1) is 10.4 Å². The second-order valence-corrected chi connectivity index (χ2v) is 5.16. The zero-order valence-corrected chi connectivity index (χ0v) is 12.7. The Morgan fingerprint density at radius 2 is 1.96 bits per heavy atom. The van der Waals surface area contributed by atoms with Crippen molar-refractivity contribution in [1.82, 2.24) is 4.57 Å². The average molecular weight is 322 g/mol. The first-order chi connectivity index (χ1) is 11.6. The summed E-state index contributed by atoms with van der Waals surface area (Å²) in [5.74, 6) is 0.467. The quantitative estimate of drug-likeness (QED) is 0.405. The Morgan fingerprint density at radius 3 is 2.62 bits per heavy atom. The van der Waals surface area contributed by atoms with Crippen LogP contribution in [0.4, 0.5) is 5.69 Å². The van der Waals surface area contributed by atoms with Gasteiger partial charge in [0.2, 0.25) is 0 Å². The lowest BCUT2D eigenvalue weighted by Gasteiger charge is -2.07. The van der Waals surface area contributed by atoms with Gasteiger partial charge in [0.15, 0.2) is 0 Å². The van der Waals surface area contributed by atoms with Crippen molar-refractivity contribution < 1.29 is 14.5 Å². The van der Waals surface area contributed by atoms with Gasteiger partial charge in [-0.05, 0) is 48.0 Å². The molecule has 24 heavy (non-hydrogen) atoms. The Morgan fingerprint density at radius 1 is 1.21 bits per heavy atom. The minimum Gasteiger partial charge on any atom is -0.489 e. The number of rotatable bonds is 5. The van der Waals surface area contributed by atoms with Crippen LogP contribution in [0.5, 0.6) is 5.75 Å². The maximum absolute atomic E-state index is 11.7. The van der Waals surface area contributed by atoms with Crippen LogP contribution in [0.2, 0.25) is 0 Å². The average Bonchev–Trinajstić information content (AvgIpc) is 3.02. The molecule has 0 aliphatic rings. The van der Waals surface area contributed by atoms with Crippen molar-refractivity contribution in [3.63, 3.8) is 0 Å². The number of carbonyl (C=O) groups is 1. The fourth-order valence-corrected chi connectivity index (χ4v) is 2.38. The van der Waals surface area contributed by atoms with Crippen LogP contribution in [0.25, 0.3) is 10.9 Å². The molecular weight excluding hydrogens is 308 g/mol. The standard InChI is InChI=1S/C18H14N2O4/c1-2-18(21)19-10-9-14-11-16(7-8-17(14)19)24-12-13-3-5-15(6-4-13)20(22)23/h2-11H,1,12H2. The van der Waals surface area contributed by atoms with Crippen molar-refractivity contribution >= 4 is 22.5 Å². The molecule has 0 N–H and O–H groups in total. The zero-order valence-electron chi connectivity index (χ0n) is 12.7. The summed E-state index contributed by atoms with van der Waals surface area (Å²) in [6.07, 6.45) is 2.95. The van der Waals surface area contributed by atoms with E-state index in [-0.39, 0.29) is 11.6 Å². The number of non-ortho nitro benzene ring substituents is 1. The number of hydrogen-bond donors (Lipinski definition) is 0. The van der Waals surface area contributed by atoms with E-state index in [9.17, 15) is 14.9 Å². The molecule has 1 aromatic heterocycles. The van der Waals surface area contributed by atoms with Crippen LogP contribution in [0.3, 0.4) is 0 Å². The first-order valence-corrected chi connectivity index (χ1v) is 7.22. The number of aromatic nitrogens is 1. The number of allylic oxidation sites excluding steroid dienone is 1. The van der Waals surface area contributed by atoms with Crippen LogP contribution in [0.15, 0.2) is 67.4 Å². The van der Waals surface area contributed by atoms with Gasteiger partial charge in [0.1, 0.15) is 12.4 Å². The van der Waals surface area contributed by atoms with Crippen LogP contribution < -0.4 is 4.74 Å². The minimum absolute atomic E-state index is 0.0494. The summed E-state index contributed by atoms with van der Waals surface area (Å²) in [5, 5.41) is 11.5. The Hall–Kier alpha value is -3.41. The Bertz CT molecular complexity index is 926. The third-order valence-electron chi connectivity index (χ3n) is 3.63. The monoisotopic (exact) mass is 322 g/mol. The van der Waals surface area contributed by atoms with Gasteiger partial charge in [-0.25, -0.2) is 0 Å². The first-order valence-electron chi connectivity index (χ1n) is 7.22. The molecule has 1 heterocycles. The van der Waals surface area contributed by atoms with Crippen LogP contribution in [-0.2, 0) is 6.61 Å². The van der Waals surface area contributed by atoms with E-state index in [2.05, 4.69) is 6.58 Å². The molecule has 3 rings (SSSR count). The molecule has 0 aliphatic carbocycles. The summed E-state index contributed by atoms with van der Waals surface area (Å²) < 4.78 is 7.23. The highest BCUT2D eigenvalue weighted by Gasteiger charge is 2.08. The third kappa shape index (κ3) is 3.03. The summed E-state index contributed by atoms with van der Waals surface area (Å²) >= 11 is 0. The van der Waals surface area contributed by atoms with E-state index >= 15 is 0 Å². The lowest BCUT2D eigenvalue weighted by atomic mass is 10.2. The molecule has 2 aromatic carbocycles. The fraction of sp³-hybridized carbons (Fsp3) is 0.0556. The Kier molecular flexibility index (Phi) is 4.11. The summed E-state index contributed by atoms with van der Waals surface area (Å²) in [5.41, 5.74) is 1.66. The molecule has 0 aliphatic heterocycles. The molecule has 0 bridgehead atoms. The molecule has 0 saturated heterocycles. The van der Waals surface area contributed by atoms with Crippen LogP contribution in [0, 0.1) is 10.1 Å². The Balaban J connectivity index is 1.75. The summed E-state index contributed by atoms with van der Waals surface area (Å²) in [4.78, 5) is 21.9. The maximum atomic E-state index is 11.7. The lowest BCUT2D eigenvalue weighted by Crippen LogP contribution is -2.04. The van der Waals surface area contributed by atoms with Gasteiger partial charge in [0.25, 0.3) is 11.6 Å². The number of benzene rings is 2. The number of carbonyl (C=O) groups excluding carboxylic acids is 1. The molecule has 0 saturated carbocycles. The highest BCUT2D eigenvalue weighted by Crippen LogP contribution is 2.23. The first kappa shape index (κ1) is 15.5. The molecular formula is C18H14N2O4. The van der Waals surface area contributed by atoms with Gasteiger partial charge >= 0.3 is 0 Å². The molecule has 6 heteroatoms. The van der Waals surface area contributed by atoms with E-state index in [0.717, 1.165) is 16.5 Å². The predicted molar refractivity (Wildman–Crippen MR) is 90.2 cm³/mol. The highest BCUT2D eigenvalue weighted by atomic mass is 16.6. The highest BCUT2D eigenvalue weighted by molar-refractivity contribution is 5.98. The molecule has 0 atom stereocenters. The van der Waals surface area contributed by atoms with E-state index in [4.69, 9.17) is 4.74 Å². The van der Waals surface area contributed by atoms with Crippen LogP contribution in [0.1, 0.15) is 10.4 Å². The zero-order chi connectivity index (χ0) is 17.1. The molecule has 0 spiro atoms. The second-order valence-electron chi connectivity index (χ2n) is 5.16. The van der Waals surface area contributed by atoms with E-state index < -0.39 is 4.92 Å². The number of nitro benzene ring substituents is 1. The number of hydrogen-bond acceptors (Lipinski definition) is 4. The smallest absolute Gasteiger partial charge is 0.269 e. The minimum atomic E-state index is -0.437. The third-order valence-corrected chi connectivity index (χ3v) is 3.63. The Labute approximate surface area is 137 Å². The van der Waals surface area contributed by atoms with Gasteiger partial charge < -0.3 is 4.74 Å². The van der Waals surface area contributed by atoms with E-state index in [1.165, 1.54) is 22.8 Å². The SMILES string of the molecule is C=CC(=O)n1ccc2cc(OCc3ccc([N+](=O)[O-])cc3)ccc21. The molecule has 0 amide bonds. The van der Waals surface area contributed by atoms with Crippen molar-refractivity contribution in [1.29, 1.82) is 0 Å². The molecule has 3 aromatic rings. The number of nitro groups is 1. The van der Waals surface area contributed by atoms with Crippen LogP contribution in [-0.4, -0.2) is 15.4 Å². The van der Waals surface area contributed by atoms with Gasteiger partial charge in [0, 0.05) is 23.7 Å². The van der Waals surface area contributed by atoms with E-state index in [1.807, 2.05) is 18.2 Å². The second kappa shape index (κ2) is 6.37. The van der Waals surface area contributed by atoms with Crippen molar-refractivity contribution in [3.05, 3.63) is 83.1 Å². The van der Waals surface area contributed by atoms with Gasteiger partial charge in [-0.2, -0.15) is 0 Å². The van der Waals surface area contributed by atoms with Gasteiger partial charge in [-0.1, -0.05) is 6.58 Å². The molecule has 0 unspecified atom stereocenters. The van der Waals surface area contributed by atoms with Crippen molar-refractivity contribution in [3.8, 4) is 5.75 Å². The molecule has 120 valence electrons. The molecule has 0 radical (unpaired) electrons. The maximum Gasteiger partial charge on any atom is 0.269 e. The lowest BCUT2D eigenvalue weighted by molar-refractivity contribution is -0.384. The number of nitrogens with zero attached hydrogens (tertiary/aromatic N) is 2. The van der Waals surface area contributed by atoms with Crippen molar-refractivity contribution in [2.24, 2.45) is 0 Å². The van der Waals surface area contributed by atoms with E-state index in [1.54, 1.807) is 24.4 Å². The van der Waals surface area contributed by atoms with Crippen LogP contribution >= 0.6 is 0 Å². The number of fused-ring (bicyclic) bond motifs is 1. The number of ether oxygens (including phenoxy) is 1. The summed E-state index contributed by atoms with van der Waals surface area (Å²) in [6.45, 7) is 3.79. The van der Waals surface area contributed by atoms with Crippen molar-refractivity contribution in [2.45, 2.75) is 6.61 Å². The van der Waals surface area contributed by atoms with Gasteiger partial charge in [-0.15, -0.1) is 0 Å². The van der Waals surface area contributed by atoms with Gasteiger partial charge in [-0.3, -0.25) is 19.5 Å². The largest absolute Gasteiger partial charge is 0.489 e. The summed E-state index contributed by atoms with van der Waals surface area (Å²) in [7, 11) is 0. The topological polar surface area (TPSA) is 74.4 Å². The van der Waals surface area contributed by atoms with Crippen molar-refractivity contribution in [2.75, 3.05) is 0 Å². The molecule has 0 fully saturated rings. The van der Waals surface area contributed by atoms with E-state index in [0.29, 0.717) is 12.4 Å². The predicted octanol–water partition coefficient (Wildman–Crippen LogP) is 3.95. The summed E-state index contributed by atoms with van der Waals surface area (Å²) in [6, 6.07) is 13.5. The normalized spacial score (nSPS) is 10.5.